The summed E-state index contributed by atoms with van der Waals surface area (Å²) in [7, 11) is 0. The lowest BCUT2D eigenvalue weighted by atomic mass is 9.79. The SMILES string of the molecule is O=C(O)c1nc2ccccc2n(C2CC3CCCC(C2)N3C2CC3CCC(CC3)C2)c1=O. The number of hydrogen-bond acceptors (Lipinski definition) is 4. The molecule has 7 rings (SSSR count). The Morgan fingerprint density at radius 3 is 2.09 bits per heavy atom. The van der Waals surface area contributed by atoms with E-state index >= 15 is 0 Å². The molecule has 0 amide bonds. The maximum atomic E-state index is 13.3. The van der Waals surface area contributed by atoms with Gasteiger partial charge in [0.1, 0.15) is 0 Å². The minimum Gasteiger partial charge on any atom is -0.476 e. The number of aromatic nitrogens is 2. The Balaban J connectivity index is 1.36. The predicted molar refractivity (Wildman–Crippen MR) is 123 cm³/mol. The fraction of sp³-hybridized carbons (Fsp3) is 0.654. The first kappa shape index (κ1) is 20.4. The molecular formula is C26H33N3O3. The molecule has 6 heteroatoms. The number of carboxylic acid groups (broad SMARTS) is 1. The number of fused-ring (bicyclic) bond motifs is 8. The van der Waals surface area contributed by atoms with Crippen LogP contribution in [0.2, 0.25) is 0 Å². The zero-order valence-electron chi connectivity index (χ0n) is 18.7. The zero-order valence-corrected chi connectivity index (χ0v) is 18.7. The van der Waals surface area contributed by atoms with E-state index in [1.165, 1.54) is 57.8 Å². The van der Waals surface area contributed by atoms with E-state index < -0.39 is 11.5 Å². The molecule has 6 nitrogen and oxygen atoms in total. The van der Waals surface area contributed by atoms with Crippen LogP contribution in [0.4, 0.5) is 0 Å². The monoisotopic (exact) mass is 435 g/mol. The van der Waals surface area contributed by atoms with Crippen molar-refractivity contribution in [1.82, 2.24) is 14.5 Å². The number of benzene rings is 1. The second-order valence-corrected chi connectivity index (χ2v) is 10.8. The van der Waals surface area contributed by atoms with Crippen molar-refractivity contribution < 1.29 is 9.90 Å². The van der Waals surface area contributed by atoms with Crippen molar-refractivity contribution in [2.24, 2.45) is 11.8 Å². The van der Waals surface area contributed by atoms with Crippen molar-refractivity contribution in [1.29, 1.82) is 0 Å². The minimum absolute atomic E-state index is 0.0440. The Hall–Kier alpha value is -2.21. The average molecular weight is 436 g/mol. The van der Waals surface area contributed by atoms with Crippen molar-refractivity contribution in [2.45, 2.75) is 94.8 Å². The molecule has 2 unspecified atom stereocenters. The predicted octanol–water partition coefficient (Wildman–Crippen LogP) is 4.62. The largest absolute Gasteiger partial charge is 0.476 e. The molecular weight excluding hydrogens is 402 g/mol. The van der Waals surface area contributed by atoms with Gasteiger partial charge in [-0.2, -0.15) is 0 Å². The molecule has 5 fully saturated rings. The molecule has 0 spiro atoms. The third kappa shape index (κ3) is 3.38. The number of rotatable bonds is 3. The van der Waals surface area contributed by atoms with Crippen molar-refractivity contribution >= 4 is 17.0 Å². The Labute approximate surface area is 188 Å². The maximum Gasteiger partial charge on any atom is 0.360 e. The van der Waals surface area contributed by atoms with Crippen molar-refractivity contribution in [2.75, 3.05) is 0 Å². The normalized spacial score (nSPS) is 35.0. The standard InChI is InChI=1S/C26H33N3O3/c30-25-24(26(31)32)27-22-6-1-2-7-23(22)29(25)21-14-18-4-3-5-19(15-21)28(18)20-12-16-8-9-17(13-20)11-10-16/h1-2,6-7,16-21H,3-5,8-15H2,(H,31,32). The molecule has 4 bridgehead atoms. The molecule has 1 N–H and O–H groups in total. The van der Waals surface area contributed by atoms with Gasteiger partial charge in [0.05, 0.1) is 11.0 Å². The van der Waals surface area contributed by atoms with Crippen LogP contribution in [0.25, 0.3) is 11.0 Å². The number of para-hydroxylation sites is 2. The molecule has 2 aliphatic heterocycles. The fourth-order valence-electron chi connectivity index (χ4n) is 7.66. The molecule has 1 aromatic carbocycles. The number of nitrogens with zero attached hydrogens (tertiary/aromatic N) is 3. The lowest BCUT2D eigenvalue weighted by molar-refractivity contribution is -0.0255. The molecule has 5 aliphatic rings. The summed E-state index contributed by atoms with van der Waals surface area (Å²) in [4.78, 5) is 32.1. The lowest BCUT2D eigenvalue weighted by Gasteiger charge is -2.53. The van der Waals surface area contributed by atoms with Gasteiger partial charge in [0, 0.05) is 24.2 Å². The Morgan fingerprint density at radius 2 is 1.47 bits per heavy atom. The second kappa shape index (κ2) is 7.98. The molecule has 2 aromatic rings. The average Bonchev–Trinajstić information content (AvgIpc) is 3.11. The van der Waals surface area contributed by atoms with Gasteiger partial charge in [0.2, 0.25) is 5.69 Å². The first-order valence-corrected chi connectivity index (χ1v) is 12.6. The first-order valence-electron chi connectivity index (χ1n) is 12.6. The van der Waals surface area contributed by atoms with Gasteiger partial charge >= 0.3 is 5.97 Å². The minimum atomic E-state index is -1.24. The van der Waals surface area contributed by atoms with E-state index in [0.29, 0.717) is 23.6 Å². The van der Waals surface area contributed by atoms with Gasteiger partial charge in [-0.1, -0.05) is 44.2 Å². The smallest absolute Gasteiger partial charge is 0.360 e. The molecule has 1 aromatic heterocycles. The summed E-state index contributed by atoms with van der Waals surface area (Å²) in [6.07, 6.45) is 13.9. The third-order valence-corrected chi connectivity index (χ3v) is 8.97. The van der Waals surface area contributed by atoms with Crippen molar-refractivity contribution in [3.8, 4) is 0 Å². The first-order chi connectivity index (χ1) is 15.6. The van der Waals surface area contributed by atoms with Gasteiger partial charge in [0.25, 0.3) is 5.56 Å². The summed E-state index contributed by atoms with van der Waals surface area (Å²) in [5.74, 6) is 0.574. The lowest BCUT2D eigenvalue weighted by Crippen LogP contribution is -2.57. The highest BCUT2D eigenvalue weighted by Crippen LogP contribution is 2.47. The van der Waals surface area contributed by atoms with Crippen LogP contribution in [0, 0.1) is 11.8 Å². The molecule has 0 radical (unpaired) electrons. The quantitative estimate of drug-likeness (QED) is 0.761. The third-order valence-electron chi connectivity index (χ3n) is 8.97. The Kier molecular flexibility index (Phi) is 5.09. The topological polar surface area (TPSA) is 75.4 Å². The summed E-state index contributed by atoms with van der Waals surface area (Å²) in [5.41, 5.74) is 0.570. The molecule has 32 heavy (non-hydrogen) atoms. The fourth-order valence-corrected chi connectivity index (χ4v) is 7.66. The summed E-state index contributed by atoms with van der Waals surface area (Å²) < 4.78 is 1.78. The van der Waals surface area contributed by atoms with Gasteiger partial charge < -0.3 is 9.67 Å². The zero-order chi connectivity index (χ0) is 21.8. The van der Waals surface area contributed by atoms with E-state index in [1.807, 2.05) is 24.3 Å². The van der Waals surface area contributed by atoms with Crippen molar-refractivity contribution in [3.63, 3.8) is 0 Å². The van der Waals surface area contributed by atoms with E-state index in [2.05, 4.69) is 9.88 Å². The number of aromatic carboxylic acids is 1. The molecule has 3 heterocycles. The van der Waals surface area contributed by atoms with E-state index in [1.54, 1.807) is 4.57 Å². The molecule has 2 saturated heterocycles. The van der Waals surface area contributed by atoms with Crippen LogP contribution >= 0.6 is 0 Å². The summed E-state index contributed by atoms with van der Waals surface area (Å²) >= 11 is 0. The highest BCUT2D eigenvalue weighted by molar-refractivity contribution is 5.88. The van der Waals surface area contributed by atoms with Crippen LogP contribution in [0.3, 0.4) is 0 Å². The number of carbonyl (C=O) groups is 1. The van der Waals surface area contributed by atoms with Crippen LogP contribution in [-0.4, -0.2) is 43.7 Å². The van der Waals surface area contributed by atoms with E-state index in [-0.39, 0.29) is 11.7 Å². The number of carboxylic acids is 1. The van der Waals surface area contributed by atoms with Gasteiger partial charge in [-0.25, -0.2) is 9.78 Å². The maximum absolute atomic E-state index is 13.3. The Morgan fingerprint density at radius 1 is 0.844 bits per heavy atom. The highest BCUT2D eigenvalue weighted by atomic mass is 16.4. The molecule has 3 aliphatic carbocycles. The van der Waals surface area contributed by atoms with E-state index in [9.17, 15) is 14.7 Å². The van der Waals surface area contributed by atoms with Crippen molar-refractivity contribution in [3.05, 3.63) is 40.3 Å². The van der Waals surface area contributed by atoms with Gasteiger partial charge in [0.15, 0.2) is 0 Å². The van der Waals surface area contributed by atoms with Crippen LogP contribution in [0.1, 0.15) is 87.2 Å². The van der Waals surface area contributed by atoms with Gasteiger partial charge in [-0.05, 0) is 62.5 Å². The second-order valence-electron chi connectivity index (χ2n) is 10.8. The van der Waals surface area contributed by atoms with Crippen LogP contribution in [0.15, 0.2) is 29.1 Å². The summed E-state index contributed by atoms with van der Waals surface area (Å²) in [5, 5.41) is 9.62. The van der Waals surface area contributed by atoms with Crippen LogP contribution in [-0.2, 0) is 0 Å². The number of piperidine rings is 2. The van der Waals surface area contributed by atoms with Gasteiger partial charge in [-0.15, -0.1) is 0 Å². The van der Waals surface area contributed by atoms with E-state index in [0.717, 1.165) is 30.2 Å². The van der Waals surface area contributed by atoms with Crippen LogP contribution < -0.4 is 5.56 Å². The molecule has 170 valence electrons. The molecule has 3 saturated carbocycles. The highest BCUT2D eigenvalue weighted by Gasteiger charge is 2.45. The van der Waals surface area contributed by atoms with Gasteiger partial charge in [-0.3, -0.25) is 9.69 Å². The van der Waals surface area contributed by atoms with Crippen LogP contribution in [0.5, 0.6) is 0 Å². The summed E-state index contributed by atoms with van der Waals surface area (Å²) in [6.45, 7) is 0. The number of hydrogen-bond donors (Lipinski definition) is 1. The van der Waals surface area contributed by atoms with E-state index in [4.69, 9.17) is 0 Å². The summed E-state index contributed by atoms with van der Waals surface area (Å²) in [6, 6.07) is 9.25. The Bertz CT molecular complexity index is 1060. The molecule has 2 atom stereocenters.